The van der Waals surface area contributed by atoms with Crippen LogP contribution in [0.1, 0.15) is 29.4 Å². The highest BCUT2D eigenvalue weighted by Gasteiger charge is 2.19. The number of thiazole rings is 1. The average Bonchev–Trinajstić information content (AvgIpc) is 3.04. The molecule has 3 heterocycles. The van der Waals surface area contributed by atoms with E-state index in [1.807, 2.05) is 30.8 Å². The molecule has 98 valence electrons. The van der Waals surface area contributed by atoms with Gasteiger partial charge in [0.1, 0.15) is 16.3 Å². The Morgan fingerprint density at radius 3 is 2.95 bits per heavy atom. The van der Waals surface area contributed by atoms with Crippen LogP contribution in [0, 0.1) is 6.92 Å². The molecule has 19 heavy (non-hydrogen) atoms. The molecule has 0 amide bonds. The molecule has 1 atom stereocenters. The van der Waals surface area contributed by atoms with Gasteiger partial charge in [-0.3, -0.25) is 0 Å². The zero-order valence-corrected chi connectivity index (χ0v) is 12.2. The van der Waals surface area contributed by atoms with Crippen molar-refractivity contribution in [3.63, 3.8) is 0 Å². The van der Waals surface area contributed by atoms with Crippen molar-refractivity contribution in [3.05, 3.63) is 40.2 Å². The third-order valence-electron chi connectivity index (χ3n) is 3.06. The van der Waals surface area contributed by atoms with Crippen molar-refractivity contribution in [1.29, 1.82) is 0 Å². The lowest BCUT2D eigenvalue weighted by Gasteiger charge is -2.13. The summed E-state index contributed by atoms with van der Waals surface area (Å²) in [6.45, 7) is 4.10. The number of imidazole rings is 1. The number of aromatic nitrogens is 4. The Balaban J connectivity index is 2.21. The summed E-state index contributed by atoms with van der Waals surface area (Å²) in [5.74, 6) is 1.20. The highest BCUT2D eigenvalue weighted by Crippen LogP contribution is 2.27. The smallest absolute Gasteiger partial charge is 0.160 e. The Hall–Kier alpha value is -1.46. The summed E-state index contributed by atoms with van der Waals surface area (Å²) in [7, 11) is 0. The van der Waals surface area contributed by atoms with E-state index in [0.29, 0.717) is 5.88 Å². The number of fused-ring (bicyclic) bond motifs is 1. The van der Waals surface area contributed by atoms with Crippen LogP contribution < -0.4 is 0 Å². The fraction of sp³-hybridized carbons (Fsp3) is 0.308. The molecular weight excluding hydrogens is 280 g/mol. The van der Waals surface area contributed by atoms with Crippen LogP contribution in [0.5, 0.6) is 0 Å². The van der Waals surface area contributed by atoms with Crippen molar-refractivity contribution in [2.24, 2.45) is 0 Å². The van der Waals surface area contributed by atoms with Gasteiger partial charge in [-0.25, -0.2) is 15.0 Å². The molecule has 0 aromatic carbocycles. The zero-order valence-electron chi connectivity index (χ0n) is 10.7. The fourth-order valence-electron chi connectivity index (χ4n) is 2.18. The van der Waals surface area contributed by atoms with E-state index in [1.54, 1.807) is 11.3 Å². The van der Waals surface area contributed by atoms with Crippen molar-refractivity contribution < 1.29 is 0 Å². The summed E-state index contributed by atoms with van der Waals surface area (Å²) in [5, 5.41) is 3.01. The summed E-state index contributed by atoms with van der Waals surface area (Å²) in [6, 6.07) is 2.12. The highest BCUT2D eigenvalue weighted by atomic mass is 35.5. The number of nitrogens with zero attached hydrogens (tertiary/aromatic N) is 4. The summed E-state index contributed by atoms with van der Waals surface area (Å²) >= 11 is 7.65. The van der Waals surface area contributed by atoms with Crippen LogP contribution in [0.15, 0.2) is 23.8 Å². The minimum atomic E-state index is 0.0916. The fourth-order valence-corrected chi connectivity index (χ4v) is 3.06. The van der Waals surface area contributed by atoms with Crippen molar-refractivity contribution >= 4 is 34.1 Å². The topological polar surface area (TPSA) is 43.6 Å². The summed E-state index contributed by atoms with van der Waals surface area (Å²) in [5.41, 5.74) is 2.85. The van der Waals surface area contributed by atoms with Crippen LogP contribution in [0.4, 0.5) is 0 Å². The normalized spacial score (nSPS) is 13.0. The van der Waals surface area contributed by atoms with Crippen LogP contribution in [0.25, 0.3) is 11.2 Å². The highest BCUT2D eigenvalue weighted by molar-refractivity contribution is 7.09. The number of pyridine rings is 1. The minimum absolute atomic E-state index is 0.0916. The van der Waals surface area contributed by atoms with E-state index in [4.69, 9.17) is 11.6 Å². The second-order valence-electron chi connectivity index (χ2n) is 4.43. The van der Waals surface area contributed by atoms with Crippen LogP contribution in [0.3, 0.4) is 0 Å². The number of hydrogen-bond donors (Lipinski definition) is 0. The lowest BCUT2D eigenvalue weighted by Crippen LogP contribution is -2.10. The molecular formula is C13H13ClN4S. The van der Waals surface area contributed by atoms with Gasteiger partial charge in [-0.2, -0.15) is 0 Å². The molecule has 0 radical (unpaired) electrons. The van der Waals surface area contributed by atoms with E-state index < -0.39 is 0 Å². The number of alkyl halides is 1. The molecule has 3 aromatic rings. The van der Waals surface area contributed by atoms with Gasteiger partial charge in [-0.1, -0.05) is 0 Å². The van der Waals surface area contributed by atoms with Gasteiger partial charge in [0.15, 0.2) is 5.65 Å². The van der Waals surface area contributed by atoms with Gasteiger partial charge in [0.2, 0.25) is 0 Å². The van der Waals surface area contributed by atoms with Gasteiger partial charge in [-0.05, 0) is 25.5 Å². The monoisotopic (exact) mass is 292 g/mol. The molecule has 3 rings (SSSR count). The maximum Gasteiger partial charge on any atom is 0.160 e. The molecule has 4 nitrogen and oxygen atoms in total. The van der Waals surface area contributed by atoms with Crippen LogP contribution in [0.2, 0.25) is 0 Å². The second-order valence-corrected chi connectivity index (χ2v) is 5.63. The summed E-state index contributed by atoms with van der Waals surface area (Å²) in [6.07, 6.45) is 3.67. The van der Waals surface area contributed by atoms with Gasteiger partial charge in [-0.15, -0.1) is 22.9 Å². The van der Waals surface area contributed by atoms with Crippen molar-refractivity contribution in [3.8, 4) is 0 Å². The molecule has 0 spiro atoms. The van der Waals surface area contributed by atoms with E-state index in [2.05, 4.69) is 26.4 Å². The molecule has 0 aliphatic rings. The van der Waals surface area contributed by atoms with Crippen molar-refractivity contribution in [2.75, 3.05) is 0 Å². The van der Waals surface area contributed by atoms with E-state index >= 15 is 0 Å². The van der Waals surface area contributed by atoms with E-state index in [1.165, 1.54) is 0 Å². The van der Waals surface area contributed by atoms with Gasteiger partial charge in [0.25, 0.3) is 0 Å². The predicted octanol–water partition coefficient (Wildman–Crippen LogP) is 3.54. The number of rotatable bonds is 3. The predicted molar refractivity (Wildman–Crippen MR) is 77.7 cm³/mol. The second kappa shape index (κ2) is 4.90. The first kappa shape index (κ1) is 12.6. The molecule has 0 N–H and O–H groups in total. The summed E-state index contributed by atoms with van der Waals surface area (Å²) < 4.78 is 2.07. The van der Waals surface area contributed by atoms with E-state index in [0.717, 1.165) is 27.6 Å². The quantitative estimate of drug-likeness (QED) is 0.694. The molecule has 0 bridgehead atoms. The lowest BCUT2D eigenvalue weighted by atomic mass is 10.3. The third kappa shape index (κ3) is 2.13. The third-order valence-corrected chi connectivity index (χ3v) is 4.24. The van der Waals surface area contributed by atoms with Gasteiger partial charge < -0.3 is 4.57 Å². The van der Waals surface area contributed by atoms with E-state index in [9.17, 15) is 0 Å². The maximum absolute atomic E-state index is 6.02. The number of hydrogen-bond acceptors (Lipinski definition) is 4. The maximum atomic E-state index is 6.02. The van der Waals surface area contributed by atoms with Gasteiger partial charge in [0, 0.05) is 17.8 Å². The van der Waals surface area contributed by atoms with Crippen molar-refractivity contribution in [1.82, 2.24) is 19.5 Å². The number of aryl methyl sites for hydroxylation is 1. The average molecular weight is 293 g/mol. The standard InChI is InChI=1S/C13H13ClN4S/c1-8-5-10-12(16-7-8)18(11(6-14)17-10)9(2)13-15-3-4-19-13/h3-5,7,9H,6H2,1-2H3. The molecule has 0 aliphatic heterocycles. The summed E-state index contributed by atoms with van der Waals surface area (Å²) in [4.78, 5) is 13.4. The number of halogens is 1. The lowest BCUT2D eigenvalue weighted by molar-refractivity contribution is 0.625. The van der Waals surface area contributed by atoms with Gasteiger partial charge >= 0.3 is 0 Å². The zero-order chi connectivity index (χ0) is 13.4. The molecule has 6 heteroatoms. The SMILES string of the molecule is Cc1cnc2c(c1)nc(CCl)n2C(C)c1nccs1. The van der Waals surface area contributed by atoms with Crippen LogP contribution in [-0.2, 0) is 5.88 Å². The largest absolute Gasteiger partial charge is 0.302 e. The Morgan fingerprint density at radius 2 is 2.26 bits per heavy atom. The van der Waals surface area contributed by atoms with E-state index in [-0.39, 0.29) is 6.04 Å². The molecule has 0 saturated carbocycles. The molecule has 1 unspecified atom stereocenters. The van der Waals surface area contributed by atoms with Crippen LogP contribution in [-0.4, -0.2) is 19.5 Å². The first-order valence-electron chi connectivity index (χ1n) is 5.99. The van der Waals surface area contributed by atoms with Gasteiger partial charge in [0.05, 0.1) is 11.9 Å². The molecule has 3 aromatic heterocycles. The Labute approximate surface area is 120 Å². The van der Waals surface area contributed by atoms with Crippen LogP contribution >= 0.6 is 22.9 Å². The Morgan fingerprint density at radius 1 is 1.42 bits per heavy atom. The Kier molecular flexibility index (Phi) is 3.24. The first-order chi connectivity index (χ1) is 9.20. The molecule has 0 fully saturated rings. The Bertz CT molecular complexity index is 705. The molecule has 0 aliphatic carbocycles. The minimum Gasteiger partial charge on any atom is -0.302 e. The molecule has 0 saturated heterocycles. The first-order valence-corrected chi connectivity index (χ1v) is 7.41. The van der Waals surface area contributed by atoms with Crippen molar-refractivity contribution in [2.45, 2.75) is 25.8 Å².